The summed E-state index contributed by atoms with van der Waals surface area (Å²) in [7, 11) is 2.47. The first kappa shape index (κ1) is 26.9. The first-order valence-electron chi connectivity index (χ1n) is 15.2. The Morgan fingerprint density at radius 3 is 2.20 bits per heavy atom. The number of aliphatic hydroxyl groups is 2. The predicted octanol–water partition coefficient (Wildman–Crippen LogP) is 1.83. The van der Waals surface area contributed by atoms with Crippen LogP contribution in [-0.4, -0.2) is 77.1 Å². The van der Waals surface area contributed by atoms with Crippen LogP contribution in [0.1, 0.15) is 97.3 Å². The van der Waals surface area contributed by atoms with Crippen molar-refractivity contribution in [3.8, 4) is 0 Å². The fourth-order valence-corrected chi connectivity index (χ4v) is 11.0. The van der Waals surface area contributed by atoms with E-state index < -0.39 is 0 Å². The summed E-state index contributed by atoms with van der Waals surface area (Å²) in [6, 6.07) is 0.835. The summed E-state index contributed by atoms with van der Waals surface area (Å²) in [5.74, 6) is 2.97. The van der Waals surface area contributed by atoms with Gasteiger partial charge in [-0.2, -0.15) is 0 Å². The van der Waals surface area contributed by atoms with Gasteiger partial charge in [-0.25, -0.2) is 0 Å². The maximum Gasteiger partial charge on any atom is 0.116 e. The number of hydrogen-bond acceptors (Lipinski definition) is 3. The number of aliphatic hydroxyl groups excluding tert-OH is 2. The molecule has 0 bridgehead atoms. The zero-order valence-electron chi connectivity index (χ0n) is 22.8. The van der Waals surface area contributed by atoms with Crippen molar-refractivity contribution in [3.05, 3.63) is 0 Å². The van der Waals surface area contributed by atoms with Gasteiger partial charge in [0.2, 0.25) is 0 Å². The number of likely N-dealkylation sites (N-methyl/N-ethyl adjacent to an activating group) is 1. The van der Waals surface area contributed by atoms with Gasteiger partial charge in [0.1, 0.15) is 12.1 Å². The van der Waals surface area contributed by atoms with Crippen molar-refractivity contribution in [1.29, 1.82) is 0 Å². The van der Waals surface area contributed by atoms with Gasteiger partial charge in [0, 0.05) is 17.9 Å². The smallest absolute Gasteiger partial charge is 0.116 e. The van der Waals surface area contributed by atoms with Gasteiger partial charge in [0.15, 0.2) is 0 Å². The largest absolute Gasteiger partial charge is 1.00 e. The molecule has 10 atom stereocenters. The van der Waals surface area contributed by atoms with Crippen molar-refractivity contribution < 1.29 is 31.7 Å². The minimum absolute atomic E-state index is 0. The quantitative estimate of drug-likeness (QED) is 0.513. The number of likely N-dealkylation sites (tertiary alicyclic amines) is 2. The number of quaternary nitrogens is 1. The molecular weight excluding hydrogens is 500 g/mol. The summed E-state index contributed by atoms with van der Waals surface area (Å²) in [6.07, 6.45) is 16.5. The molecule has 6 rings (SSSR count). The molecule has 0 radical (unpaired) electrons. The lowest BCUT2D eigenvalue weighted by molar-refractivity contribution is -0.940. The molecule has 0 aromatic heterocycles. The van der Waals surface area contributed by atoms with E-state index in [1.165, 1.54) is 103 Å². The lowest BCUT2D eigenvalue weighted by Gasteiger charge is -2.62. The molecule has 2 heterocycles. The van der Waals surface area contributed by atoms with Gasteiger partial charge in [-0.3, -0.25) is 4.90 Å². The van der Waals surface area contributed by atoms with Crippen LogP contribution in [0.25, 0.3) is 0 Å². The molecule has 5 heteroatoms. The molecule has 0 amide bonds. The summed E-state index contributed by atoms with van der Waals surface area (Å²) in [4.78, 5) is 2.67. The molecule has 4 nitrogen and oxygen atoms in total. The summed E-state index contributed by atoms with van der Waals surface area (Å²) in [6.45, 7) is 10.1. The second-order valence-corrected chi connectivity index (χ2v) is 14.6. The minimum atomic E-state index is -0.124. The first-order chi connectivity index (χ1) is 16.3. The van der Waals surface area contributed by atoms with Gasteiger partial charge in [-0.15, -0.1) is 0 Å². The molecule has 35 heavy (non-hydrogen) atoms. The van der Waals surface area contributed by atoms with Crippen LogP contribution < -0.4 is 17.0 Å². The van der Waals surface area contributed by atoms with Crippen molar-refractivity contribution in [2.75, 3.05) is 33.2 Å². The lowest BCUT2D eigenvalue weighted by Crippen LogP contribution is -3.00. The van der Waals surface area contributed by atoms with Crippen molar-refractivity contribution in [2.24, 2.45) is 34.5 Å². The predicted molar refractivity (Wildman–Crippen MR) is 137 cm³/mol. The van der Waals surface area contributed by atoms with Crippen LogP contribution in [0.15, 0.2) is 0 Å². The highest BCUT2D eigenvalue weighted by atomic mass is 79.9. The molecule has 2 N–H and O–H groups in total. The van der Waals surface area contributed by atoms with E-state index in [1.54, 1.807) is 0 Å². The minimum Gasteiger partial charge on any atom is -1.00 e. The molecule has 0 spiro atoms. The SMILES string of the molecule is C[C@]12CCC3C(CC[C@H]4C[C@H](O)C(N5CCCCC5)C[C@]34C)C1CC([N+]1(C)CCCCC1)C2O.[Br-]. The Balaban J connectivity index is 0.00000253. The second kappa shape index (κ2) is 9.81. The van der Waals surface area contributed by atoms with Crippen molar-refractivity contribution in [1.82, 2.24) is 4.90 Å². The number of rotatable bonds is 2. The van der Waals surface area contributed by atoms with Crippen LogP contribution in [0.4, 0.5) is 0 Å². The third kappa shape index (κ3) is 4.21. The number of hydrogen-bond donors (Lipinski definition) is 2. The number of fused-ring (bicyclic) bond motifs is 5. The zero-order chi connectivity index (χ0) is 23.7. The highest BCUT2D eigenvalue weighted by Gasteiger charge is 2.65. The summed E-state index contributed by atoms with van der Waals surface area (Å²) < 4.78 is 1.13. The molecule has 4 saturated carbocycles. The maximum absolute atomic E-state index is 11.8. The highest BCUT2D eigenvalue weighted by Crippen LogP contribution is 2.67. The fourth-order valence-electron chi connectivity index (χ4n) is 11.0. The average Bonchev–Trinajstić information content (AvgIpc) is 3.12. The molecular formula is C30H53BrN2O2. The normalized spacial score (nSPS) is 52.0. The Kier molecular flexibility index (Phi) is 7.54. The first-order valence-corrected chi connectivity index (χ1v) is 15.2. The standard InChI is InChI=1S/C30H53N2O2.BrH/c1-29-13-12-23-22(24(29)19-26(28(29)34)32(3)16-8-5-9-17-32)11-10-21-18-27(33)25(20-30(21,23)2)31-14-6-4-7-15-31;/h21-28,33-34H,4-20H2,1-3H3;1H/q+1;/p-1/t21-,22?,23?,24?,25?,26?,27-,28?,29-,30-;/m0./s1. The van der Waals surface area contributed by atoms with Crippen molar-refractivity contribution in [2.45, 2.75) is 122 Å². The Morgan fingerprint density at radius 2 is 1.49 bits per heavy atom. The van der Waals surface area contributed by atoms with Gasteiger partial charge in [-0.1, -0.05) is 20.3 Å². The van der Waals surface area contributed by atoms with Crippen LogP contribution in [0.5, 0.6) is 0 Å². The third-order valence-electron chi connectivity index (χ3n) is 13.2. The zero-order valence-corrected chi connectivity index (χ0v) is 24.4. The second-order valence-electron chi connectivity index (χ2n) is 14.6. The monoisotopic (exact) mass is 552 g/mol. The van der Waals surface area contributed by atoms with Crippen LogP contribution in [0, 0.1) is 34.5 Å². The molecule has 6 unspecified atom stereocenters. The number of nitrogens with zero attached hydrogens (tertiary/aromatic N) is 2. The Hall–Kier alpha value is 0.320. The lowest BCUT2D eigenvalue weighted by atomic mass is 9.44. The topological polar surface area (TPSA) is 43.7 Å². The van der Waals surface area contributed by atoms with Gasteiger partial charge in [-0.05, 0) is 113 Å². The van der Waals surface area contributed by atoms with E-state index in [9.17, 15) is 10.2 Å². The van der Waals surface area contributed by atoms with Gasteiger partial charge in [0.05, 0.1) is 26.2 Å². The van der Waals surface area contributed by atoms with E-state index in [-0.39, 0.29) is 34.6 Å². The molecule has 2 saturated heterocycles. The van der Waals surface area contributed by atoms with Gasteiger partial charge >= 0.3 is 0 Å². The van der Waals surface area contributed by atoms with E-state index in [4.69, 9.17) is 0 Å². The fraction of sp³-hybridized carbons (Fsp3) is 1.00. The van der Waals surface area contributed by atoms with Crippen LogP contribution in [0.2, 0.25) is 0 Å². The van der Waals surface area contributed by atoms with Gasteiger partial charge < -0.3 is 31.7 Å². The van der Waals surface area contributed by atoms with Crippen LogP contribution >= 0.6 is 0 Å². The molecule has 0 aromatic rings. The molecule has 6 aliphatic rings. The van der Waals surface area contributed by atoms with Crippen LogP contribution in [-0.2, 0) is 0 Å². The molecule has 6 fully saturated rings. The van der Waals surface area contributed by atoms with E-state index in [1.807, 2.05) is 0 Å². The molecule has 202 valence electrons. The summed E-state index contributed by atoms with van der Waals surface area (Å²) >= 11 is 0. The Labute approximate surface area is 225 Å². The summed E-state index contributed by atoms with van der Waals surface area (Å²) in [5, 5.41) is 23.1. The van der Waals surface area contributed by atoms with Crippen molar-refractivity contribution >= 4 is 0 Å². The highest BCUT2D eigenvalue weighted by molar-refractivity contribution is 5.13. The number of halogens is 1. The number of piperidine rings is 2. The van der Waals surface area contributed by atoms with Gasteiger partial charge in [0.25, 0.3) is 0 Å². The van der Waals surface area contributed by atoms with E-state index in [2.05, 4.69) is 25.8 Å². The average molecular weight is 554 g/mol. The van der Waals surface area contributed by atoms with Crippen molar-refractivity contribution in [3.63, 3.8) is 0 Å². The summed E-state index contributed by atoms with van der Waals surface area (Å²) in [5.41, 5.74) is 0.492. The third-order valence-corrected chi connectivity index (χ3v) is 13.2. The molecule has 0 aromatic carbocycles. The van der Waals surface area contributed by atoms with E-state index in [0.717, 1.165) is 22.7 Å². The van der Waals surface area contributed by atoms with Crippen LogP contribution in [0.3, 0.4) is 0 Å². The molecule has 4 aliphatic carbocycles. The molecule has 2 aliphatic heterocycles. The van der Waals surface area contributed by atoms with E-state index in [0.29, 0.717) is 29.3 Å². The maximum atomic E-state index is 11.8. The van der Waals surface area contributed by atoms with E-state index >= 15 is 0 Å². The Morgan fingerprint density at radius 1 is 0.800 bits per heavy atom. The Bertz CT molecular complexity index is 753.